The van der Waals surface area contributed by atoms with Gasteiger partial charge in [-0.05, 0) is 19.1 Å². The van der Waals surface area contributed by atoms with Gasteiger partial charge in [0.25, 0.3) is 0 Å². The number of aromatic nitrogens is 2. The average Bonchev–Trinajstić information content (AvgIpc) is 2.76. The number of anilines is 1. The third kappa shape index (κ3) is 2.53. The molecule has 15 heavy (non-hydrogen) atoms. The second kappa shape index (κ2) is 4.89. The number of furan rings is 1. The van der Waals surface area contributed by atoms with Crippen LogP contribution < -0.4 is 5.32 Å². The monoisotopic (exact) mass is 227 g/mol. The van der Waals surface area contributed by atoms with Crippen molar-refractivity contribution in [3.63, 3.8) is 0 Å². The summed E-state index contributed by atoms with van der Waals surface area (Å²) in [6.45, 7) is 2.71. The Kier molecular flexibility index (Phi) is 3.80. The molecule has 1 N–H and O–H groups in total. The van der Waals surface area contributed by atoms with Crippen molar-refractivity contribution in [2.24, 2.45) is 7.05 Å². The van der Waals surface area contributed by atoms with Crippen LogP contribution in [0.3, 0.4) is 0 Å². The van der Waals surface area contributed by atoms with Crippen molar-refractivity contribution in [2.45, 2.75) is 13.5 Å². The largest absolute Gasteiger partial charge is 0.467 e. The van der Waals surface area contributed by atoms with E-state index in [0.717, 1.165) is 17.1 Å². The predicted octanol–water partition coefficient (Wildman–Crippen LogP) is 2.36. The molecule has 2 heterocycles. The molecule has 0 saturated heterocycles. The van der Waals surface area contributed by atoms with E-state index in [2.05, 4.69) is 10.4 Å². The first-order chi connectivity index (χ1) is 6.77. The first-order valence-corrected chi connectivity index (χ1v) is 4.52. The second-order valence-corrected chi connectivity index (χ2v) is 3.23. The minimum absolute atomic E-state index is 0. The highest BCUT2D eigenvalue weighted by molar-refractivity contribution is 5.85. The molecule has 0 aliphatic heterocycles. The van der Waals surface area contributed by atoms with E-state index in [9.17, 15) is 0 Å². The van der Waals surface area contributed by atoms with Gasteiger partial charge in [-0.1, -0.05) is 0 Å². The van der Waals surface area contributed by atoms with Crippen molar-refractivity contribution >= 4 is 18.2 Å². The van der Waals surface area contributed by atoms with Crippen LogP contribution in [0.15, 0.2) is 29.0 Å². The maximum absolute atomic E-state index is 5.22. The molecule has 0 atom stereocenters. The third-order valence-corrected chi connectivity index (χ3v) is 2.13. The van der Waals surface area contributed by atoms with Crippen molar-refractivity contribution in [3.8, 4) is 0 Å². The quantitative estimate of drug-likeness (QED) is 0.876. The molecule has 0 bridgehead atoms. The van der Waals surface area contributed by atoms with Crippen LogP contribution in [0.5, 0.6) is 0 Å². The predicted molar refractivity (Wildman–Crippen MR) is 61.2 cm³/mol. The van der Waals surface area contributed by atoms with Crippen LogP contribution in [0.2, 0.25) is 0 Å². The molecule has 4 nitrogen and oxygen atoms in total. The fourth-order valence-corrected chi connectivity index (χ4v) is 1.39. The summed E-state index contributed by atoms with van der Waals surface area (Å²) in [5.41, 5.74) is 1.14. The Bertz CT molecular complexity index is 389. The molecule has 0 aliphatic rings. The lowest BCUT2D eigenvalue weighted by molar-refractivity contribution is 0.517. The van der Waals surface area contributed by atoms with Crippen LogP contribution in [0.25, 0.3) is 0 Å². The lowest BCUT2D eigenvalue weighted by atomic mass is 10.3. The first kappa shape index (κ1) is 11.7. The zero-order valence-electron chi connectivity index (χ0n) is 8.73. The van der Waals surface area contributed by atoms with Crippen molar-refractivity contribution < 1.29 is 4.42 Å². The third-order valence-electron chi connectivity index (χ3n) is 2.13. The van der Waals surface area contributed by atoms with Gasteiger partial charge in [0.05, 0.1) is 19.0 Å². The van der Waals surface area contributed by atoms with E-state index in [1.165, 1.54) is 0 Å². The number of nitrogens with one attached hydrogen (secondary N) is 1. The van der Waals surface area contributed by atoms with E-state index in [0.29, 0.717) is 6.54 Å². The molecular weight excluding hydrogens is 214 g/mol. The minimum atomic E-state index is 0. The Labute approximate surface area is 94.7 Å². The Morgan fingerprint density at radius 1 is 1.53 bits per heavy atom. The van der Waals surface area contributed by atoms with Crippen LogP contribution in [0.4, 0.5) is 5.82 Å². The highest BCUT2D eigenvalue weighted by Crippen LogP contribution is 2.13. The van der Waals surface area contributed by atoms with Crippen LogP contribution in [0, 0.1) is 6.92 Å². The Morgan fingerprint density at radius 2 is 2.33 bits per heavy atom. The van der Waals surface area contributed by atoms with E-state index in [1.54, 1.807) is 6.26 Å². The van der Waals surface area contributed by atoms with E-state index >= 15 is 0 Å². The average molecular weight is 228 g/mol. The molecule has 0 aromatic carbocycles. The number of hydrogen-bond donors (Lipinski definition) is 1. The summed E-state index contributed by atoms with van der Waals surface area (Å²) in [4.78, 5) is 0. The normalized spacial score (nSPS) is 9.73. The fourth-order valence-electron chi connectivity index (χ4n) is 1.39. The lowest BCUT2D eigenvalue weighted by Gasteiger charge is -2.05. The van der Waals surface area contributed by atoms with Crippen LogP contribution in [-0.2, 0) is 13.6 Å². The van der Waals surface area contributed by atoms with Crippen LogP contribution in [0.1, 0.15) is 11.3 Å². The molecule has 0 saturated carbocycles. The topological polar surface area (TPSA) is 43.0 Å². The van der Waals surface area contributed by atoms with Gasteiger partial charge in [0.1, 0.15) is 11.6 Å². The number of nitrogens with zero attached hydrogens (tertiary/aromatic N) is 2. The summed E-state index contributed by atoms with van der Waals surface area (Å²) in [6, 6.07) is 3.83. The van der Waals surface area contributed by atoms with Gasteiger partial charge in [-0.2, -0.15) is 5.10 Å². The summed E-state index contributed by atoms with van der Waals surface area (Å²) in [5, 5.41) is 7.41. The molecule has 2 rings (SSSR count). The maximum atomic E-state index is 5.22. The molecule has 0 aliphatic carbocycles. The van der Waals surface area contributed by atoms with Crippen molar-refractivity contribution in [2.75, 3.05) is 5.32 Å². The number of hydrogen-bond acceptors (Lipinski definition) is 3. The summed E-state index contributed by atoms with van der Waals surface area (Å²) in [6.07, 6.45) is 3.51. The summed E-state index contributed by atoms with van der Waals surface area (Å²) in [7, 11) is 1.91. The molecule has 0 fully saturated rings. The van der Waals surface area contributed by atoms with E-state index in [4.69, 9.17) is 4.42 Å². The first-order valence-electron chi connectivity index (χ1n) is 4.52. The van der Waals surface area contributed by atoms with Crippen molar-refractivity contribution in [1.29, 1.82) is 0 Å². The van der Waals surface area contributed by atoms with Crippen LogP contribution >= 0.6 is 12.4 Å². The smallest absolute Gasteiger partial charge is 0.127 e. The highest BCUT2D eigenvalue weighted by atomic mass is 35.5. The fraction of sp³-hybridized carbons (Fsp3) is 0.300. The van der Waals surface area contributed by atoms with E-state index in [-0.39, 0.29) is 12.4 Å². The summed E-state index contributed by atoms with van der Waals surface area (Å²) in [5.74, 6) is 1.95. The van der Waals surface area contributed by atoms with Crippen molar-refractivity contribution in [3.05, 3.63) is 35.9 Å². The van der Waals surface area contributed by atoms with Gasteiger partial charge in [-0.15, -0.1) is 12.4 Å². The van der Waals surface area contributed by atoms with Gasteiger partial charge < -0.3 is 9.73 Å². The van der Waals surface area contributed by atoms with Gasteiger partial charge in [-0.3, -0.25) is 4.68 Å². The standard InChI is InChI=1S/C10H13N3O.ClH/c1-8-6-12-13(2)10(8)11-7-9-4-3-5-14-9;/h3-6,11H,7H2,1-2H3;1H. The van der Waals surface area contributed by atoms with E-state index < -0.39 is 0 Å². The summed E-state index contributed by atoms with van der Waals surface area (Å²) >= 11 is 0. The summed E-state index contributed by atoms with van der Waals surface area (Å²) < 4.78 is 7.04. The number of halogens is 1. The Hall–Kier alpha value is -1.42. The minimum Gasteiger partial charge on any atom is -0.467 e. The highest BCUT2D eigenvalue weighted by Gasteiger charge is 2.03. The van der Waals surface area contributed by atoms with Gasteiger partial charge in [0.2, 0.25) is 0 Å². The van der Waals surface area contributed by atoms with Crippen LogP contribution in [-0.4, -0.2) is 9.78 Å². The lowest BCUT2D eigenvalue weighted by Crippen LogP contribution is -2.04. The zero-order valence-corrected chi connectivity index (χ0v) is 9.54. The number of rotatable bonds is 3. The zero-order chi connectivity index (χ0) is 9.97. The van der Waals surface area contributed by atoms with Crippen molar-refractivity contribution in [1.82, 2.24) is 9.78 Å². The maximum Gasteiger partial charge on any atom is 0.127 e. The SMILES string of the molecule is Cc1cnn(C)c1NCc1ccco1.Cl. The molecule has 0 radical (unpaired) electrons. The van der Waals surface area contributed by atoms with Gasteiger partial charge >= 0.3 is 0 Å². The second-order valence-electron chi connectivity index (χ2n) is 3.23. The molecule has 0 spiro atoms. The molecule has 0 unspecified atom stereocenters. The number of aryl methyl sites for hydroxylation is 2. The van der Waals surface area contributed by atoms with E-state index in [1.807, 2.05) is 37.0 Å². The Morgan fingerprint density at radius 3 is 2.87 bits per heavy atom. The molecule has 82 valence electrons. The molecule has 2 aromatic rings. The van der Waals surface area contributed by atoms with Gasteiger partial charge in [-0.25, -0.2) is 0 Å². The molecule has 0 amide bonds. The molecule has 5 heteroatoms. The van der Waals surface area contributed by atoms with Gasteiger partial charge in [0, 0.05) is 12.6 Å². The molecular formula is C10H14ClN3O. The van der Waals surface area contributed by atoms with Gasteiger partial charge in [0.15, 0.2) is 0 Å². The Balaban J connectivity index is 0.00000112. The molecule has 2 aromatic heterocycles.